The van der Waals surface area contributed by atoms with Crippen LogP contribution in [0.5, 0.6) is 5.75 Å². The lowest BCUT2D eigenvalue weighted by Gasteiger charge is -2.46. The van der Waals surface area contributed by atoms with Crippen molar-refractivity contribution in [1.29, 1.82) is 0 Å². The van der Waals surface area contributed by atoms with Crippen LogP contribution in [0.1, 0.15) is 89.5 Å². The van der Waals surface area contributed by atoms with Gasteiger partial charge in [0.05, 0.1) is 5.92 Å². The van der Waals surface area contributed by atoms with Gasteiger partial charge in [-0.1, -0.05) is 45.4 Å². The molecular formula is C27H35F5O2. The van der Waals surface area contributed by atoms with Crippen LogP contribution in [0.2, 0.25) is 0 Å². The summed E-state index contributed by atoms with van der Waals surface area (Å²) in [4.78, 5) is 12.9. The van der Waals surface area contributed by atoms with Crippen LogP contribution in [0, 0.1) is 47.1 Å². The first-order valence-corrected chi connectivity index (χ1v) is 12.9. The molecule has 0 spiro atoms. The minimum atomic E-state index is -5.15. The Morgan fingerprint density at radius 2 is 1.56 bits per heavy atom. The van der Waals surface area contributed by atoms with Gasteiger partial charge in [-0.25, -0.2) is 8.78 Å². The van der Waals surface area contributed by atoms with Crippen LogP contribution in [-0.4, -0.2) is 5.97 Å². The van der Waals surface area contributed by atoms with Crippen molar-refractivity contribution in [1.82, 2.24) is 0 Å². The molecule has 4 atom stereocenters. The summed E-state index contributed by atoms with van der Waals surface area (Å²) in [6, 6.07) is 0.909. The van der Waals surface area contributed by atoms with E-state index in [2.05, 4.69) is 6.92 Å². The summed E-state index contributed by atoms with van der Waals surface area (Å²) >= 11 is 0. The number of hydrogen-bond donors (Lipinski definition) is 0. The minimum absolute atomic E-state index is 0.179. The molecule has 34 heavy (non-hydrogen) atoms. The van der Waals surface area contributed by atoms with Crippen molar-refractivity contribution in [2.24, 2.45) is 35.5 Å². The Morgan fingerprint density at radius 1 is 0.912 bits per heavy atom. The Kier molecular flexibility index (Phi) is 7.88. The van der Waals surface area contributed by atoms with Gasteiger partial charge < -0.3 is 4.74 Å². The number of fused-ring (bicyclic) bond motifs is 1. The third-order valence-corrected chi connectivity index (χ3v) is 8.76. The Balaban J connectivity index is 1.37. The maximum absolute atomic E-state index is 13.9. The van der Waals surface area contributed by atoms with Crippen LogP contribution in [-0.2, 0) is 11.0 Å². The normalized spacial score (nSPS) is 32.2. The van der Waals surface area contributed by atoms with Gasteiger partial charge in [-0.15, -0.1) is 0 Å². The zero-order chi connectivity index (χ0) is 24.5. The SMILES string of the molecule is CCCC1CCC(C2CCC3C(CCCC3C(=O)Oc3cc(F)c(C(F)(F)F)c(F)c3)C2)CC1. The summed E-state index contributed by atoms with van der Waals surface area (Å²) in [6.07, 6.45) is 8.51. The molecule has 0 amide bonds. The fourth-order valence-electron chi connectivity index (χ4n) is 7.15. The molecule has 190 valence electrons. The van der Waals surface area contributed by atoms with Crippen molar-refractivity contribution < 1.29 is 31.5 Å². The molecule has 2 nitrogen and oxygen atoms in total. The van der Waals surface area contributed by atoms with E-state index in [0.717, 1.165) is 43.9 Å². The van der Waals surface area contributed by atoms with Crippen molar-refractivity contribution in [3.63, 3.8) is 0 Å². The molecule has 1 aromatic carbocycles. The van der Waals surface area contributed by atoms with Gasteiger partial charge in [0.25, 0.3) is 0 Å². The number of rotatable bonds is 5. The molecule has 0 radical (unpaired) electrons. The standard InChI is InChI=1S/C27H35F5O2/c1-2-4-16-7-9-17(10-8-16)18-11-12-21-19(13-18)5-3-6-22(21)26(33)34-20-14-23(28)25(24(29)15-20)27(30,31)32/h14-19,21-22H,2-13H2,1H3. The molecule has 4 rings (SSSR count). The van der Waals surface area contributed by atoms with E-state index in [1.165, 1.54) is 38.5 Å². The van der Waals surface area contributed by atoms with Gasteiger partial charge in [-0.05, 0) is 68.1 Å². The van der Waals surface area contributed by atoms with E-state index in [1.807, 2.05) is 0 Å². The summed E-state index contributed by atoms with van der Waals surface area (Å²) in [5, 5.41) is 0. The molecule has 0 aliphatic heterocycles. The maximum atomic E-state index is 13.9. The summed E-state index contributed by atoms with van der Waals surface area (Å²) in [6.45, 7) is 2.25. The monoisotopic (exact) mass is 486 g/mol. The zero-order valence-electron chi connectivity index (χ0n) is 19.8. The van der Waals surface area contributed by atoms with Gasteiger partial charge in [0, 0.05) is 12.1 Å². The number of esters is 1. The Morgan fingerprint density at radius 3 is 2.18 bits per heavy atom. The third kappa shape index (κ3) is 5.59. The third-order valence-electron chi connectivity index (χ3n) is 8.76. The average molecular weight is 487 g/mol. The van der Waals surface area contributed by atoms with Gasteiger partial charge in [0.1, 0.15) is 22.9 Å². The van der Waals surface area contributed by atoms with E-state index >= 15 is 0 Å². The number of hydrogen-bond acceptors (Lipinski definition) is 2. The first-order valence-electron chi connectivity index (χ1n) is 12.9. The molecule has 1 aromatic rings. The molecule has 0 bridgehead atoms. The van der Waals surface area contributed by atoms with Crippen molar-refractivity contribution in [2.75, 3.05) is 0 Å². The number of carbonyl (C=O) groups is 1. The smallest absolute Gasteiger partial charge is 0.422 e. The Bertz CT molecular complexity index is 836. The lowest BCUT2D eigenvalue weighted by Crippen LogP contribution is -2.40. The second-order valence-electron chi connectivity index (χ2n) is 10.8. The second kappa shape index (κ2) is 10.5. The fourth-order valence-corrected chi connectivity index (χ4v) is 7.15. The number of benzene rings is 1. The van der Waals surface area contributed by atoms with Crippen LogP contribution >= 0.6 is 0 Å². The van der Waals surface area contributed by atoms with E-state index in [9.17, 15) is 26.7 Å². The highest BCUT2D eigenvalue weighted by Gasteiger charge is 2.44. The number of alkyl halides is 3. The zero-order valence-corrected chi connectivity index (χ0v) is 19.8. The van der Waals surface area contributed by atoms with E-state index in [-0.39, 0.29) is 11.8 Å². The highest BCUT2D eigenvalue weighted by Crippen LogP contribution is 2.50. The van der Waals surface area contributed by atoms with Crippen LogP contribution in [0.25, 0.3) is 0 Å². The molecule has 0 saturated heterocycles. The topological polar surface area (TPSA) is 26.3 Å². The van der Waals surface area contributed by atoms with E-state index in [1.54, 1.807) is 0 Å². The quantitative estimate of drug-likeness (QED) is 0.238. The maximum Gasteiger partial charge on any atom is 0.422 e. The largest absolute Gasteiger partial charge is 0.426 e. The number of halogens is 5. The van der Waals surface area contributed by atoms with E-state index in [0.29, 0.717) is 30.4 Å². The highest BCUT2D eigenvalue weighted by atomic mass is 19.4. The predicted octanol–water partition coefficient (Wildman–Crippen LogP) is 8.33. The molecule has 3 aliphatic rings. The molecule has 7 heteroatoms. The van der Waals surface area contributed by atoms with Crippen molar-refractivity contribution >= 4 is 5.97 Å². The van der Waals surface area contributed by atoms with Gasteiger partial charge in [-0.3, -0.25) is 4.79 Å². The second-order valence-corrected chi connectivity index (χ2v) is 10.8. The molecule has 3 aliphatic carbocycles. The minimum Gasteiger partial charge on any atom is -0.426 e. The highest BCUT2D eigenvalue weighted by molar-refractivity contribution is 5.75. The van der Waals surface area contributed by atoms with E-state index < -0.39 is 35.1 Å². The van der Waals surface area contributed by atoms with Crippen LogP contribution in [0.4, 0.5) is 22.0 Å². The van der Waals surface area contributed by atoms with Crippen molar-refractivity contribution in [3.8, 4) is 5.75 Å². The summed E-state index contributed by atoms with van der Waals surface area (Å²) < 4.78 is 71.5. The van der Waals surface area contributed by atoms with Crippen LogP contribution < -0.4 is 4.74 Å². The average Bonchev–Trinajstić information content (AvgIpc) is 2.77. The first kappa shape index (κ1) is 25.4. The van der Waals surface area contributed by atoms with Crippen LogP contribution in [0.3, 0.4) is 0 Å². The lowest BCUT2D eigenvalue weighted by atomic mass is 9.59. The summed E-state index contributed by atoms with van der Waals surface area (Å²) in [5.41, 5.74) is -1.97. The predicted molar refractivity (Wildman–Crippen MR) is 119 cm³/mol. The number of ether oxygens (including phenoxy) is 1. The van der Waals surface area contributed by atoms with Gasteiger partial charge >= 0.3 is 12.1 Å². The van der Waals surface area contributed by atoms with Gasteiger partial charge in [0.15, 0.2) is 0 Å². The number of carbonyl (C=O) groups excluding carboxylic acids is 1. The molecule has 3 fully saturated rings. The first-order chi connectivity index (χ1) is 16.2. The fraction of sp³-hybridized carbons (Fsp3) is 0.741. The molecule has 0 N–H and O–H groups in total. The molecule has 4 unspecified atom stereocenters. The van der Waals surface area contributed by atoms with Gasteiger partial charge in [0.2, 0.25) is 0 Å². The van der Waals surface area contributed by atoms with Crippen molar-refractivity contribution in [2.45, 2.75) is 90.1 Å². The van der Waals surface area contributed by atoms with E-state index in [4.69, 9.17) is 4.74 Å². The lowest BCUT2D eigenvalue weighted by molar-refractivity contribution is -0.144. The van der Waals surface area contributed by atoms with Gasteiger partial charge in [-0.2, -0.15) is 13.2 Å². The summed E-state index contributed by atoms with van der Waals surface area (Å²) in [7, 11) is 0. The molecule has 0 heterocycles. The Hall–Kier alpha value is -1.66. The molecule has 0 aromatic heterocycles. The van der Waals surface area contributed by atoms with Crippen LogP contribution in [0.15, 0.2) is 12.1 Å². The summed E-state index contributed by atoms with van der Waals surface area (Å²) in [5.74, 6) is -2.01. The Labute approximate surface area is 198 Å². The van der Waals surface area contributed by atoms with Crippen molar-refractivity contribution in [3.05, 3.63) is 29.3 Å². The molecule has 3 saturated carbocycles. The molecular weight excluding hydrogens is 451 g/mol.